The summed E-state index contributed by atoms with van der Waals surface area (Å²) in [7, 11) is -4.22. The molecule has 2 atom stereocenters. The van der Waals surface area contributed by atoms with E-state index in [1.165, 1.54) is 35.2 Å². The lowest BCUT2D eigenvalue weighted by atomic mass is 10.00. The van der Waals surface area contributed by atoms with Gasteiger partial charge in [0.2, 0.25) is 15.9 Å². The highest BCUT2D eigenvalue weighted by Gasteiger charge is 2.31. The molecule has 0 aromatic heterocycles. The minimum Gasteiger partial charge on any atom is -0.483 e. The number of alkyl halides is 3. The Hall–Kier alpha value is -5.39. The minimum atomic E-state index is -4.52. The molecule has 1 heterocycles. The molecular weight excluding hydrogens is 739 g/mol. The molecule has 2 amide bonds. The van der Waals surface area contributed by atoms with Crippen molar-refractivity contribution in [1.29, 1.82) is 0 Å². The summed E-state index contributed by atoms with van der Waals surface area (Å²) in [6, 6.07) is 19.2. The average Bonchev–Trinajstić information content (AvgIpc) is 3.55. The van der Waals surface area contributed by atoms with Gasteiger partial charge in [-0.05, 0) is 60.4 Å². The van der Waals surface area contributed by atoms with E-state index in [9.17, 15) is 45.1 Å². The van der Waals surface area contributed by atoms with E-state index in [2.05, 4.69) is 10.6 Å². The number of aliphatic hydroxyl groups excluding tert-OH is 1. The van der Waals surface area contributed by atoms with Crippen molar-refractivity contribution >= 4 is 45.4 Å². The maximum Gasteiger partial charge on any atom is 0.416 e. The fourth-order valence-electron chi connectivity index (χ4n) is 5.83. The number of hydrogen-bond acceptors (Lipinski definition) is 7. The Labute approximate surface area is 308 Å². The van der Waals surface area contributed by atoms with E-state index >= 15 is 0 Å². The lowest BCUT2D eigenvalue weighted by molar-refractivity contribution is -0.137. The van der Waals surface area contributed by atoms with Crippen LogP contribution < -0.4 is 19.8 Å². The van der Waals surface area contributed by atoms with Gasteiger partial charge in [0.05, 0.1) is 35.3 Å². The maximum atomic E-state index is 14.3. The smallest absolute Gasteiger partial charge is 0.416 e. The summed E-state index contributed by atoms with van der Waals surface area (Å²) in [4.78, 5) is 36.4. The number of carbonyl (C=O) groups excluding carboxylic acids is 2. The predicted molar refractivity (Wildman–Crippen MR) is 191 cm³/mol. The normalized spacial score (nSPS) is 14.1. The lowest BCUT2D eigenvalue weighted by Gasteiger charge is -2.27. The Balaban J connectivity index is 0.00000209. The quantitative estimate of drug-likeness (QED) is 0.104. The average molecular weight is 777 g/mol. The second kappa shape index (κ2) is 18.1. The zero-order chi connectivity index (χ0) is 39.6. The van der Waals surface area contributed by atoms with Crippen molar-refractivity contribution in [2.45, 2.75) is 44.1 Å². The number of nitrogens with zero attached hydrogens (tertiary/aromatic N) is 2. The van der Waals surface area contributed by atoms with Gasteiger partial charge in [0.15, 0.2) is 11.6 Å². The van der Waals surface area contributed by atoms with Gasteiger partial charge in [-0.15, -0.1) is 0 Å². The summed E-state index contributed by atoms with van der Waals surface area (Å²) in [5, 5.41) is 23.9. The van der Waals surface area contributed by atoms with Crippen molar-refractivity contribution in [1.82, 2.24) is 10.6 Å². The highest BCUT2D eigenvalue weighted by atomic mass is 32.2. The number of sulfonamides is 1. The van der Waals surface area contributed by atoms with Crippen LogP contribution in [0, 0.1) is 11.6 Å². The Morgan fingerprint density at radius 1 is 0.944 bits per heavy atom. The topological polar surface area (TPSA) is 156 Å². The number of aliphatic hydroxyl groups is 1. The molecule has 0 unspecified atom stereocenters. The minimum absolute atomic E-state index is 0.00639. The third-order valence-electron chi connectivity index (χ3n) is 8.27. The molecule has 5 rings (SSSR count). The number of anilines is 3. The Morgan fingerprint density at radius 2 is 1.63 bits per heavy atom. The predicted octanol–water partition coefficient (Wildman–Crippen LogP) is 5.40. The number of carboxylic acid groups (broad SMARTS) is 1. The zero-order valence-corrected chi connectivity index (χ0v) is 29.6. The summed E-state index contributed by atoms with van der Waals surface area (Å²) < 4.78 is 94.5. The van der Waals surface area contributed by atoms with Crippen molar-refractivity contribution in [2.24, 2.45) is 0 Å². The Morgan fingerprint density at radius 3 is 2.24 bits per heavy atom. The van der Waals surface area contributed by atoms with E-state index < -0.39 is 51.5 Å². The molecule has 54 heavy (non-hydrogen) atoms. The van der Waals surface area contributed by atoms with Gasteiger partial charge in [-0.3, -0.25) is 14.4 Å². The molecule has 4 aromatic carbocycles. The van der Waals surface area contributed by atoms with Crippen LogP contribution in [0.4, 0.5) is 39.0 Å². The van der Waals surface area contributed by atoms with Gasteiger partial charge in [-0.25, -0.2) is 21.5 Å². The van der Waals surface area contributed by atoms with Crippen molar-refractivity contribution in [3.8, 4) is 0 Å². The van der Waals surface area contributed by atoms with E-state index in [-0.39, 0.29) is 60.9 Å². The highest BCUT2D eigenvalue weighted by molar-refractivity contribution is 7.92. The number of hydrogen-bond donors (Lipinski definition) is 4. The molecule has 1 saturated heterocycles. The molecule has 0 bridgehead atoms. The van der Waals surface area contributed by atoms with Crippen LogP contribution in [0.1, 0.15) is 39.9 Å². The summed E-state index contributed by atoms with van der Waals surface area (Å²) in [6.07, 6.45) is -4.04. The highest BCUT2D eigenvalue weighted by Crippen LogP contribution is 2.35. The van der Waals surface area contributed by atoms with Crippen molar-refractivity contribution < 1.29 is 55.0 Å². The monoisotopic (exact) mass is 776 g/mol. The number of halogens is 5. The van der Waals surface area contributed by atoms with Gasteiger partial charge in [-0.2, -0.15) is 13.2 Å². The third kappa shape index (κ3) is 11.1. The van der Waals surface area contributed by atoms with Crippen LogP contribution in [0.25, 0.3) is 0 Å². The van der Waals surface area contributed by atoms with Crippen LogP contribution in [0.3, 0.4) is 0 Å². The van der Waals surface area contributed by atoms with E-state index in [0.717, 1.165) is 40.4 Å². The summed E-state index contributed by atoms with van der Waals surface area (Å²) in [5.74, 6) is -3.51. The van der Waals surface area contributed by atoms with Gasteiger partial charge in [0.25, 0.3) is 12.4 Å². The molecule has 0 radical (unpaired) electrons. The molecule has 17 heteroatoms. The van der Waals surface area contributed by atoms with E-state index in [1.54, 1.807) is 30.3 Å². The van der Waals surface area contributed by atoms with Gasteiger partial charge in [-0.1, -0.05) is 48.5 Å². The van der Waals surface area contributed by atoms with Gasteiger partial charge >= 0.3 is 6.18 Å². The summed E-state index contributed by atoms with van der Waals surface area (Å²) in [5.41, 5.74) is -0.0188. The van der Waals surface area contributed by atoms with Crippen LogP contribution in [0.5, 0.6) is 0 Å². The zero-order valence-electron chi connectivity index (χ0n) is 28.8. The second-order valence-electron chi connectivity index (χ2n) is 12.3. The number of amides is 2. The molecule has 1 fully saturated rings. The molecule has 4 aromatic rings. The Bertz CT molecular complexity index is 2050. The molecule has 11 nitrogen and oxygen atoms in total. The summed E-state index contributed by atoms with van der Waals surface area (Å²) in [6.45, 7) is -0.0899. The van der Waals surface area contributed by atoms with Crippen molar-refractivity contribution in [3.63, 3.8) is 0 Å². The van der Waals surface area contributed by atoms with Crippen LogP contribution in [-0.4, -0.2) is 68.4 Å². The fraction of sp³-hybridized carbons (Fsp3) is 0.270. The van der Waals surface area contributed by atoms with Gasteiger partial charge < -0.3 is 25.7 Å². The lowest BCUT2D eigenvalue weighted by Crippen LogP contribution is -2.48. The third-order valence-corrected chi connectivity index (χ3v) is 9.35. The van der Waals surface area contributed by atoms with Crippen LogP contribution in [0.15, 0.2) is 91.0 Å². The van der Waals surface area contributed by atoms with Crippen molar-refractivity contribution in [3.05, 3.63) is 125 Å². The maximum absolute atomic E-state index is 14.3. The first-order valence-electron chi connectivity index (χ1n) is 16.4. The van der Waals surface area contributed by atoms with Gasteiger partial charge in [0, 0.05) is 43.4 Å². The number of nitrogens with one attached hydrogen (secondary N) is 2. The Kier molecular flexibility index (Phi) is 13.9. The van der Waals surface area contributed by atoms with Crippen LogP contribution in [-0.2, 0) is 38.8 Å². The van der Waals surface area contributed by atoms with Crippen LogP contribution in [0.2, 0.25) is 0 Å². The van der Waals surface area contributed by atoms with Crippen molar-refractivity contribution in [2.75, 3.05) is 28.6 Å². The molecule has 4 N–H and O–H groups in total. The number of rotatable bonds is 13. The standard InChI is InChI=1S/C36H35F5N4O5S.CH2O2/c1-51(49,50)45(27-12-13-30(37)31(38)20-27)29-18-25(17-28(19-29)44-14-6-11-34(44)47)35(48)43-32(16-23-7-3-2-4-8-23)33(46)22-42-21-24-9-5-10-26(15-24)36(39,40)41;2-1-3/h2-5,7-10,12-13,15,17-20,32-33,42,46H,6,11,14,16,21-22H2,1H3,(H,43,48);1H,(H,2,3)/t32-,33+;/m0./s1. The van der Waals surface area contributed by atoms with E-state index in [1.807, 2.05) is 0 Å². The molecule has 288 valence electrons. The molecular formula is C37H37F5N4O7S. The number of carbonyl (C=O) groups is 3. The molecule has 1 aliphatic heterocycles. The summed E-state index contributed by atoms with van der Waals surface area (Å²) >= 11 is 0. The van der Waals surface area contributed by atoms with E-state index in [0.29, 0.717) is 24.6 Å². The van der Waals surface area contributed by atoms with Crippen LogP contribution >= 0.6 is 0 Å². The first-order chi connectivity index (χ1) is 25.5. The fourth-order valence-corrected chi connectivity index (χ4v) is 6.82. The number of benzene rings is 4. The molecule has 0 spiro atoms. The van der Waals surface area contributed by atoms with E-state index in [4.69, 9.17) is 9.90 Å². The van der Waals surface area contributed by atoms with Gasteiger partial charge in [0.1, 0.15) is 0 Å². The first-order valence-corrected chi connectivity index (χ1v) is 18.2. The molecule has 0 saturated carbocycles. The SMILES string of the molecule is CS(=O)(=O)N(c1cc(C(=O)N[C@@H](Cc2ccccc2)[C@H](O)CNCc2cccc(C(F)(F)F)c2)cc(N2CCCC2=O)c1)c1ccc(F)c(F)c1.O=CO. The largest absolute Gasteiger partial charge is 0.483 e. The second-order valence-corrected chi connectivity index (χ2v) is 14.1. The molecule has 1 aliphatic rings. The first kappa shape index (κ1) is 41.4. The molecule has 0 aliphatic carbocycles.